The second kappa shape index (κ2) is 5.15. The number of para-hydroxylation sites is 1. The summed E-state index contributed by atoms with van der Waals surface area (Å²) in [5.74, 6) is -1.10. The molecule has 3 rings (SSSR count). The number of carbonyl (C=O) groups is 2. The zero-order valence-electron chi connectivity index (χ0n) is 11.1. The number of rotatable bonds is 3. The molecule has 0 aromatic heterocycles. The highest BCUT2D eigenvalue weighted by Gasteiger charge is 2.33. The van der Waals surface area contributed by atoms with Crippen molar-refractivity contribution in [1.29, 1.82) is 0 Å². The van der Waals surface area contributed by atoms with Crippen LogP contribution in [0.25, 0.3) is 0 Å². The minimum atomic E-state index is -0.756. The van der Waals surface area contributed by atoms with Crippen molar-refractivity contribution in [2.75, 3.05) is 5.32 Å². The van der Waals surface area contributed by atoms with Crippen LogP contribution in [0.4, 0.5) is 5.69 Å². The number of benzene rings is 1. The van der Waals surface area contributed by atoms with Crippen molar-refractivity contribution in [3.63, 3.8) is 0 Å². The summed E-state index contributed by atoms with van der Waals surface area (Å²) >= 11 is 0. The topological polar surface area (TPSA) is 78.4 Å². The third kappa shape index (κ3) is 2.48. The van der Waals surface area contributed by atoms with Gasteiger partial charge in [-0.15, -0.1) is 0 Å². The van der Waals surface area contributed by atoms with Crippen LogP contribution in [0.15, 0.2) is 24.3 Å². The van der Waals surface area contributed by atoms with E-state index >= 15 is 0 Å². The number of hydrogen-bond acceptors (Lipinski definition) is 3. The first-order valence-corrected chi connectivity index (χ1v) is 7.01. The van der Waals surface area contributed by atoms with E-state index in [0.717, 1.165) is 17.7 Å². The number of aliphatic carboxylic acids is 1. The predicted octanol–water partition coefficient (Wildman–Crippen LogP) is 1.39. The standard InChI is InChI=1S/C15H18N2O3/c18-14(16-11-6-5-10(7-11)15(19)20)13-8-9-3-1-2-4-12(9)17-13/h1-4,10-11,13,17H,5-8H2,(H,16,18)(H,19,20)/t10?,11?,13-/m0/s1. The average molecular weight is 274 g/mol. The molecule has 1 aromatic carbocycles. The SMILES string of the molecule is O=C(O)C1CCC(NC(=O)[C@@H]2Cc3ccccc3N2)C1. The second-order valence-corrected chi connectivity index (χ2v) is 5.61. The maximum Gasteiger partial charge on any atom is 0.306 e. The normalized spacial score (nSPS) is 27.7. The summed E-state index contributed by atoms with van der Waals surface area (Å²) in [6.45, 7) is 0. The van der Waals surface area contributed by atoms with Gasteiger partial charge in [-0.25, -0.2) is 0 Å². The molecule has 0 bridgehead atoms. The first-order chi connectivity index (χ1) is 9.63. The number of carbonyl (C=O) groups excluding carboxylic acids is 1. The zero-order valence-corrected chi connectivity index (χ0v) is 11.1. The predicted molar refractivity (Wildman–Crippen MR) is 74.5 cm³/mol. The van der Waals surface area contributed by atoms with Crippen LogP contribution in [-0.2, 0) is 16.0 Å². The van der Waals surface area contributed by atoms with E-state index in [1.165, 1.54) is 0 Å². The van der Waals surface area contributed by atoms with Crippen LogP contribution in [0.2, 0.25) is 0 Å². The van der Waals surface area contributed by atoms with E-state index in [1.807, 2.05) is 24.3 Å². The van der Waals surface area contributed by atoms with Crippen molar-refractivity contribution in [3.05, 3.63) is 29.8 Å². The van der Waals surface area contributed by atoms with Crippen LogP contribution >= 0.6 is 0 Å². The fraction of sp³-hybridized carbons (Fsp3) is 0.467. The fourth-order valence-corrected chi connectivity index (χ4v) is 3.09. The average Bonchev–Trinajstić information content (AvgIpc) is 3.04. The summed E-state index contributed by atoms with van der Waals surface area (Å²) in [6.07, 6.45) is 2.64. The summed E-state index contributed by atoms with van der Waals surface area (Å²) in [5.41, 5.74) is 2.17. The van der Waals surface area contributed by atoms with Crippen LogP contribution < -0.4 is 10.6 Å². The quantitative estimate of drug-likeness (QED) is 0.778. The van der Waals surface area contributed by atoms with E-state index in [9.17, 15) is 9.59 Å². The molecule has 0 spiro atoms. The summed E-state index contributed by atoms with van der Waals surface area (Å²) in [5, 5.41) is 15.2. The molecule has 0 saturated heterocycles. The molecule has 20 heavy (non-hydrogen) atoms. The Balaban J connectivity index is 1.56. The minimum Gasteiger partial charge on any atom is -0.481 e. The van der Waals surface area contributed by atoms with Crippen LogP contribution in [-0.4, -0.2) is 29.1 Å². The van der Waals surface area contributed by atoms with Gasteiger partial charge in [0.2, 0.25) is 5.91 Å². The maximum absolute atomic E-state index is 12.2. The van der Waals surface area contributed by atoms with E-state index in [2.05, 4.69) is 10.6 Å². The zero-order chi connectivity index (χ0) is 14.1. The molecule has 1 aliphatic carbocycles. The molecule has 5 heteroatoms. The van der Waals surface area contributed by atoms with E-state index in [0.29, 0.717) is 19.3 Å². The molecule has 3 atom stereocenters. The van der Waals surface area contributed by atoms with Gasteiger partial charge in [0.15, 0.2) is 0 Å². The van der Waals surface area contributed by atoms with Crippen molar-refractivity contribution in [3.8, 4) is 0 Å². The van der Waals surface area contributed by atoms with Crippen molar-refractivity contribution in [2.24, 2.45) is 5.92 Å². The Bertz CT molecular complexity index is 519. The number of anilines is 1. The van der Waals surface area contributed by atoms with Crippen molar-refractivity contribution >= 4 is 17.6 Å². The van der Waals surface area contributed by atoms with Gasteiger partial charge in [0, 0.05) is 18.2 Å². The van der Waals surface area contributed by atoms with Gasteiger partial charge >= 0.3 is 5.97 Å². The third-order valence-corrected chi connectivity index (χ3v) is 4.22. The lowest BCUT2D eigenvalue weighted by Gasteiger charge is -2.16. The molecule has 1 fully saturated rings. The van der Waals surface area contributed by atoms with Gasteiger partial charge in [-0.05, 0) is 30.9 Å². The minimum absolute atomic E-state index is 0.00545. The first-order valence-electron chi connectivity index (χ1n) is 7.01. The Labute approximate surface area is 117 Å². The molecule has 1 saturated carbocycles. The molecular formula is C15H18N2O3. The highest BCUT2D eigenvalue weighted by Crippen LogP contribution is 2.28. The molecule has 5 nitrogen and oxygen atoms in total. The maximum atomic E-state index is 12.2. The number of fused-ring (bicyclic) bond motifs is 1. The van der Waals surface area contributed by atoms with Gasteiger partial charge in [0.05, 0.1) is 5.92 Å². The molecule has 1 amide bonds. The van der Waals surface area contributed by atoms with Crippen molar-refractivity contribution in [1.82, 2.24) is 5.32 Å². The summed E-state index contributed by atoms with van der Waals surface area (Å²) in [4.78, 5) is 23.1. The lowest BCUT2D eigenvalue weighted by Crippen LogP contribution is -2.43. The van der Waals surface area contributed by atoms with Crippen molar-refractivity contribution < 1.29 is 14.7 Å². The number of carboxylic acids is 1. The summed E-state index contributed by atoms with van der Waals surface area (Å²) in [7, 11) is 0. The lowest BCUT2D eigenvalue weighted by atomic mass is 10.1. The van der Waals surface area contributed by atoms with Crippen LogP contribution in [0.1, 0.15) is 24.8 Å². The van der Waals surface area contributed by atoms with Crippen LogP contribution in [0, 0.1) is 5.92 Å². The number of hydrogen-bond donors (Lipinski definition) is 3. The number of carboxylic acid groups (broad SMARTS) is 1. The highest BCUT2D eigenvalue weighted by molar-refractivity contribution is 5.87. The van der Waals surface area contributed by atoms with Crippen LogP contribution in [0.5, 0.6) is 0 Å². The molecule has 2 unspecified atom stereocenters. The van der Waals surface area contributed by atoms with Gasteiger partial charge in [0.25, 0.3) is 0 Å². The van der Waals surface area contributed by atoms with Gasteiger partial charge < -0.3 is 15.7 Å². The number of nitrogens with one attached hydrogen (secondary N) is 2. The largest absolute Gasteiger partial charge is 0.481 e. The molecule has 1 aliphatic heterocycles. The third-order valence-electron chi connectivity index (χ3n) is 4.22. The number of amides is 1. The van der Waals surface area contributed by atoms with E-state index in [4.69, 9.17) is 5.11 Å². The molecule has 0 radical (unpaired) electrons. The van der Waals surface area contributed by atoms with Crippen LogP contribution in [0.3, 0.4) is 0 Å². The molecule has 1 aromatic rings. The van der Waals surface area contributed by atoms with Gasteiger partial charge in [-0.3, -0.25) is 9.59 Å². The molecule has 2 aliphatic rings. The first kappa shape index (κ1) is 13.0. The van der Waals surface area contributed by atoms with E-state index in [-0.39, 0.29) is 23.9 Å². The lowest BCUT2D eigenvalue weighted by molar-refractivity contribution is -0.141. The fourth-order valence-electron chi connectivity index (χ4n) is 3.09. The second-order valence-electron chi connectivity index (χ2n) is 5.61. The Morgan fingerprint density at radius 3 is 2.75 bits per heavy atom. The Morgan fingerprint density at radius 1 is 1.25 bits per heavy atom. The Kier molecular flexibility index (Phi) is 3.34. The monoisotopic (exact) mass is 274 g/mol. The Morgan fingerprint density at radius 2 is 2.05 bits per heavy atom. The van der Waals surface area contributed by atoms with Gasteiger partial charge in [-0.2, -0.15) is 0 Å². The van der Waals surface area contributed by atoms with E-state index in [1.54, 1.807) is 0 Å². The van der Waals surface area contributed by atoms with Gasteiger partial charge in [-0.1, -0.05) is 18.2 Å². The molecule has 3 N–H and O–H groups in total. The smallest absolute Gasteiger partial charge is 0.306 e. The molecular weight excluding hydrogens is 256 g/mol. The van der Waals surface area contributed by atoms with Crippen molar-refractivity contribution in [2.45, 2.75) is 37.8 Å². The Hall–Kier alpha value is -2.04. The highest BCUT2D eigenvalue weighted by atomic mass is 16.4. The summed E-state index contributed by atoms with van der Waals surface area (Å²) in [6, 6.07) is 7.66. The van der Waals surface area contributed by atoms with Gasteiger partial charge in [0.1, 0.15) is 6.04 Å². The molecule has 106 valence electrons. The molecule has 1 heterocycles. The van der Waals surface area contributed by atoms with E-state index < -0.39 is 5.97 Å². The summed E-state index contributed by atoms with van der Waals surface area (Å²) < 4.78 is 0.